The van der Waals surface area contributed by atoms with E-state index in [1.54, 1.807) is 18.2 Å². The molecule has 0 bridgehead atoms. The number of nitrogens with zero attached hydrogens (tertiary/aromatic N) is 1. The molecule has 1 amide bonds. The normalized spacial score (nSPS) is 10.6. The van der Waals surface area contributed by atoms with Crippen LogP contribution in [0.25, 0.3) is 6.08 Å². The molecule has 2 rings (SSSR count). The molecule has 0 aromatic heterocycles. The number of hydrogen-bond acceptors (Lipinski definition) is 4. The Balaban J connectivity index is 2.35. The number of carbonyl (C=O) groups excluding carboxylic acids is 1. The molecule has 2 aromatic rings. The summed E-state index contributed by atoms with van der Waals surface area (Å²) >= 11 is 6.30. The monoisotopic (exact) mass is 408 g/mol. The molecule has 0 spiro atoms. The third-order valence-electron chi connectivity index (χ3n) is 3.95. The average molecular weight is 409 g/mol. The summed E-state index contributed by atoms with van der Waals surface area (Å²) in [6.45, 7) is 4.24. The minimum Gasteiger partial charge on any atom is -0.490 e. The number of amides is 1. The van der Waals surface area contributed by atoms with Crippen molar-refractivity contribution >= 4 is 29.3 Å². The van der Waals surface area contributed by atoms with Gasteiger partial charge in [-0.15, -0.1) is 6.42 Å². The number of nitriles is 1. The first kappa shape index (κ1) is 21.9. The largest absolute Gasteiger partial charge is 0.490 e. The number of hydrogen-bond donors (Lipinski definition) is 1. The lowest BCUT2D eigenvalue weighted by Crippen LogP contribution is -2.14. The molecule has 2 aromatic carbocycles. The summed E-state index contributed by atoms with van der Waals surface area (Å²) in [7, 11) is 0. The average Bonchev–Trinajstić information content (AvgIpc) is 2.72. The molecule has 0 saturated carbocycles. The Morgan fingerprint density at radius 3 is 2.69 bits per heavy atom. The lowest BCUT2D eigenvalue weighted by molar-refractivity contribution is -0.112. The molecule has 148 valence electrons. The van der Waals surface area contributed by atoms with Crippen LogP contribution in [-0.2, 0) is 11.2 Å². The Labute approximate surface area is 175 Å². The second kappa shape index (κ2) is 10.8. The Morgan fingerprint density at radius 2 is 2.03 bits per heavy atom. The molecule has 5 nitrogen and oxygen atoms in total. The van der Waals surface area contributed by atoms with Gasteiger partial charge in [-0.2, -0.15) is 5.26 Å². The van der Waals surface area contributed by atoms with Crippen molar-refractivity contribution in [3.05, 3.63) is 58.1 Å². The quantitative estimate of drug-likeness (QED) is 0.384. The van der Waals surface area contributed by atoms with Gasteiger partial charge in [-0.25, -0.2) is 0 Å². The third-order valence-corrected chi connectivity index (χ3v) is 4.23. The number of terminal acetylenes is 1. The number of halogens is 1. The molecular formula is C23H21ClN2O3. The molecule has 0 aliphatic heterocycles. The fraction of sp³-hybridized carbons (Fsp3) is 0.217. The zero-order valence-electron chi connectivity index (χ0n) is 16.3. The zero-order chi connectivity index (χ0) is 21.2. The Hall–Kier alpha value is -3.41. The Bertz CT molecular complexity index is 1000. The fourth-order valence-electron chi connectivity index (χ4n) is 2.64. The number of ether oxygens (including phenoxy) is 2. The van der Waals surface area contributed by atoms with Crippen LogP contribution in [0.4, 0.5) is 5.69 Å². The van der Waals surface area contributed by atoms with E-state index in [4.69, 9.17) is 27.5 Å². The van der Waals surface area contributed by atoms with Gasteiger partial charge in [-0.05, 0) is 48.7 Å². The van der Waals surface area contributed by atoms with Crippen LogP contribution in [0.2, 0.25) is 5.02 Å². The summed E-state index contributed by atoms with van der Waals surface area (Å²) in [4.78, 5) is 12.6. The summed E-state index contributed by atoms with van der Waals surface area (Å²) in [5.74, 6) is 2.57. The van der Waals surface area contributed by atoms with Gasteiger partial charge in [0, 0.05) is 5.69 Å². The molecule has 0 heterocycles. The van der Waals surface area contributed by atoms with Crippen molar-refractivity contribution in [3.63, 3.8) is 0 Å². The first-order valence-electron chi connectivity index (χ1n) is 9.07. The number of carbonyl (C=O) groups is 1. The summed E-state index contributed by atoms with van der Waals surface area (Å²) in [5.41, 5.74) is 2.12. The van der Waals surface area contributed by atoms with Gasteiger partial charge < -0.3 is 14.8 Å². The van der Waals surface area contributed by atoms with Crippen LogP contribution >= 0.6 is 11.6 Å². The Kier molecular flexibility index (Phi) is 8.15. The molecule has 0 aliphatic rings. The SMILES string of the molecule is C#CCOc1c(Cl)cc(/C=C(\C#N)C(=O)Nc2ccccc2CC)cc1OCC. The van der Waals surface area contributed by atoms with Crippen LogP contribution in [0.15, 0.2) is 42.0 Å². The maximum absolute atomic E-state index is 12.6. The summed E-state index contributed by atoms with van der Waals surface area (Å²) in [6, 6.07) is 12.6. The number of anilines is 1. The maximum Gasteiger partial charge on any atom is 0.266 e. The van der Waals surface area contributed by atoms with Gasteiger partial charge in [-0.1, -0.05) is 42.6 Å². The van der Waals surface area contributed by atoms with E-state index in [1.165, 1.54) is 6.08 Å². The summed E-state index contributed by atoms with van der Waals surface area (Å²) in [5, 5.41) is 12.5. The van der Waals surface area contributed by atoms with E-state index in [1.807, 2.05) is 38.1 Å². The van der Waals surface area contributed by atoms with E-state index < -0.39 is 5.91 Å². The zero-order valence-corrected chi connectivity index (χ0v) is 17.0. The Morgan fingerprint density at radius 1 is 1.28 bits per heavy atom. The predicted molar refractivity (Wildman–Crippen MR) is 115 cm³/mol. The number of para-hydroxylation sites is 1. The van der Waals surface area contributed by atoms with Crippen LogP contribution in [-0.4, -0.2) is 19.1 Å². The highest BCUT2D eigenvalue weighted by atomic mass is 35.5. The fourth-order valence-corrected chi connectivity index (χ4v) is 2.92. The van der Waals surface area contributed by atoms with Gasteiger partial charge in [-0.3, -0.25) is 4.79 Å². The first-order chi connectivity index (χ1) is 14.0. The lowest BCUT2D eigenvalue weighted by Gasteiger charge is -2.13. The van der Waals surface area contributed by atoms with E-state index in [0.717, 1.165) is 12.0 Å². The van der Waals surface area contributed by atoms with E-state index in [2.05, 4.69) is 11.2 Å². The van der Waals surface area contributed by atoms with Crippen molar-refractivity contribution in [2.75, 3.05) is 18.5 Å². The van der Waals surface area contributed by atoms with Crippen molar-refractivity contribution in [1.29, 1.82) is 5.26 Å². The molecule has 0 aliphatic carbocycles. The second-order valence-electron chi connectivity index (χ2n) is 5.89. The number of aryl methyl sites for hydroxylation is 1. The van der Waals surface area contributed by atoms with Gasteiger partial charge >= 0.3 is 0 Å². The topological polar surface area (TPSA) is 71.3 Å². The smallest absolute Gasteiger partial charge is 0.266 e. The molecule has 0 fully saturated rings. The highest BCUT2D eigenvalue weighted by Gasteiger charge is 2.15. The molecule has 0 saturated heterocycles. The second-order valence-corrected chi connectivity index (χ2v) is 6.30. The minimum atomic E-state index is -0.504. The van der Waals surface area contributed by atoms with Gasteiger partial charge in [0.05, 0.1) is 11.6 Å². The summed E-state index contributed by atoms with van der Waals surface area (Å²) < 4.78 is 11.0. The molecule has 0 atom stereocenters. The summed E-state index contributed by atoms with van der Waals surface area (Å²) in [6.07, 6.45) is 7.44. The van der Waals surface area contributed by atoms with Crippen molar-refractivity contribution in [2.45, 2.75) is 20.3 Å². The highest BCUT2D eigenvalue weighted by Crippen LogP contribution is 2.37. The van der Waals surface area contributed by atoms with Gasteiger partial charge in [0.2, 0.25) is 0 Å². The van der Waals surface area contributed by atoms with Crippen molar-refractivity contribution in [1.82, 2.24) is 0 Å². The van der Waals surface area contributed by atoms with E-state index in [0.29, 0.717) is 29.4 Å². The van der Waals surface area contributed by atoms with Gasteiger partial charge in [0.1, 0.15) is 18.2 Å². The molecule has 0 unspecified atom stereocenters. The van der Waals surface area contributed by atoms with Crippen LogP contribution < -0.4 is 14.8 Å². The van der Waals surface area contributed by atoms with Crippen LogP contribution in [0.3, 0.4) is 0 Å². The molecular weight excluding hydrogens is 388 g/mol. The highest BCUT2D eigenvalue weighted by molar-refractivity contribution is 6.32. The predicted octanol–water partition coefficient (Wildman–Crippen LogP) is 4.86. The minimum absolute atomic E-state index is 0.0394. The van der Waals surface area contributed by atoms with E-state index in [9.17, 15) is 10.1 Å². The van der Waals surface area contributed by atoms with Crippen LogP contribution in [0.1, 0.15) is 25.0 Å². The molecule has 29 heavy (non-hydrogen) atoms. The van der Waals surface area contributed by atoms with E-state index in [-0.39, 0.29) is 17.2 Å². The lowest BCUT2D eigenvalue weighted by atomic mass is 10.1. The van der Waals surface area contributed by atoms with Gasteiger partial charge in [0.25, 0.3) is 5.91 Å². The van der Waals surface area contributed by atoms with Crippen molar-refractivity contribution < 1.29 is 14.3 Å². The number of rotatable bonds is 8. The first-order valence-corrected chi connectivity index (χ1v) is 9.45. The standard InChI is InChI=1S/C23H21ClN2O3/c1-4-11-29-22-19(24)13-16(14-21(22)28-6-3)12-18(15-25)23(27)26-20-10-8-7-9-17(20)5-2/h1,7-10,12-14H,5-6,11H2,2-3H3,(H,26,27)/b18-12+. The molecule has 6 heteroatoms. The third kappa shape index (κ3) is 5.78. The van der Waals surface area contributed by atoms with Crippen LogP contribution in [0, 0.1) is 23.7 Å². The van der Waals surface area contributed by atoms with Crippen LogP contribution in [0.5, 0.6) is 11.5 Å². The van der Waals surface area contributed by atoms with E-state index >= 15 is 0 Å². The van der Waals surface area contributed by atoms with Crippen molar-refractivity contribution in [2.24, 2.45) is 0 Å². The van der Waals surface area contributed by atoms with Gasteiger partial charge in [0.15, 0.2) is 11.5 Å². The number of benzene rings is 2. The number of nitrogens with one attached hydrogen (secondary N) is 1. The maximum atomic E-state index is 12.6. The molecule has 0 radical (unpaired) electrons. The molecule has 1 N–H and O–H groups in total. The van der Waals surface area contributed by atoms with Crippen molar-refractivity contribution in [3.8, 4) is 29.9 Å².